The van der Waals surface area contributed by atoms with Crippen LogP contribution in [0.4, 0.5) is 5.69 Å². The molecule has 0 radical (unpaired) electrons. The molecule has 0 amide bonds. The summed E-state index contributed by atoms with van der Waals surface area (Å²) in [6, 6.07) is 12.0. The SMILES string of the molecule is Cc1ccc(OCCNc2cc(Cl)ccc2C)cc1C. The zero-order valence-corrected chi connectivity index (χ0v) is 12.9. The summed E-state index contributed by atoms with van der Waals surface area (Å²) < 4.78 is 5.74. The van der Waals surface area contributed by atoms with E-state index in [1.807, 2.05) is 24.3 Å². The number of hydrogen-bond donors (Lipinski definition) is 1. The molecule has 0 bridgehead atoms. The van der Waals surface area contributed by atoms with Gasteiger partial charge in [-0.3, -0.25) is 0 Å². The molecular formula is C17H20ClNO. The van der Waals surface area contributed by atoms with Crippen LogP contribution in [0.5, 0.6) is 5.75 Å². The van der Waals surface area contributed by atoms with Gasteiger partial charge in [0.1, 0.15) is 12.4 Å². The number of aryl methyl sites for hydroxylation is 3. The van der Waals surface area contributed by atoms with E-state index in [2.05, 4.69) is 38.2 Å². The summed E-state index contributed by atoms with van der Waals surface area (Å²) in [4.78, 5) is 0. The highest BCUT2D eigenvalue weighted by Gasteiger charge is 2.00. The second-order valence-electron chi connectivity index (χ2n) is 4.98. The average molecular weight is 290 g/mol. The minimum absolute atomic E-state index is 0.619. The second-order valence-corrected chi connectivity index (χ2v) is 5.42. The fourth-order valence-electron chi connectivity index (χ4n) is 1.94. The molecule has 2 rings (SSSR count). The number of halogens is 1. The van der Waals surface area contributed by atoms with Gasteiger partial charge >= 0.3 is 0 Å². The van der Waals surface area contributed by atoms with Gasteiger partial charge in [0.15, 0.2) is 0 Å². The van der Waals surface area contributed by atoms with Crippen molar-refractivity contribution in [1.29, 1.82) is 0 Å². The minimum Gasteiger partial charge on any atom is -0.492 e. The van der Waals surface area contributed by atoms with Gasteiger partial charge in [-0.25, -0.2) is 0 Å². The van der Waals surface area contributed by atoms with Crippen molar-refractivity contribution in [2.24, 2.45) is 0 Å². The van der Waals surface area contributed by atoms with Gasteiger partial charge < -0.3 is 10.1 Å². The molecule has 1 N–H and O–H groups in total. The molecule has 0 spiro atoms. The Labute approximate surface area is 125 Å². The molecule has 0 aliphatic heterocycles. The molecule has 0 atom stereocenters. The van der Waals surface area contributed by atoms with Crippen molar-refractivity contribution in [3.8, 4) is 5.75 Å². The van der Waals surface area contributed by atoms with Crippen molar-refractivity contribution in [1.82, 2.24) is 0 Å². The number of anilines is 1. The lowest BCUT2D eigenvalue weighted by Crippen LogP contribution is -2.12. The first-order valence-electron chi connectivity index (χ1n) is 6.76. The Morgan fingerprint density at radius 2 is 1.70 bits per heavy atom. The highest BCUT2D eigenvalue weighted by Crippen LogP contribution is 2.20. The molecule has 106 valence electrons. The van der Waals surface area contributed by atoms with Crippen molar-refractivity contribution in [2.75, 3.05) is 18.5 Å². The number of ether oxygens (including phenoxy) is 1. The minimum atomic E-state index is 0.619. The molecule has 0 saturated carbocycles. The van der Waals surface area contributed by atoms with E-state index in [1.165, 1.54) is 16.7 Å². The summed E-state index contributed by atoms with van der Waals surface area (Å²) in [5.41, 5.74) is 4.77. The maximum Gasteiger partial charge on any atom is 0.119 e. The molecule has 0 heterocycles. The molecule has 0 fully saturated rings. The van der Waals surface area contributed by atoms with Crippen LogP contribution >= 0.6 is 11.6 Å². The monoisotopic (exact) mass is 289 g/mol. The lowest BCUT2D eigenvalue weighted by atomic mass is 10.1. The Morgan fingerprint density at radius 3 is 2.45 bits per heavy atom. The lowest BCUT2D eigenvalue weighted by molar-refractivity contribution is 0.332. The smallest absolute Gasteiger partial charge is 0.119 e. The maximum atomic E-state index is 5.99. The van der Waals surface area contributed by atoms with Crippen molar-refractivity contribution < 1.29 is 4.74 Å². The molecule has 0 unspecified atom stereocenters. The average Bonchev–Trinajstić information content (AvgIpc) is 2.42. The number of hydrogen-bond acceptors (Lipinski definition) is 2. The quantitative estimate of drug-likeness (QED) is 0.802. The van der Waals surface area contributed by atoms with Crippen LogP contribution < -0.4 is 10.1 Å². The van der Waals surface area contributed by atoms with Crippen molar-refractivity contribution >= 4 is 17.3 Å². The van der Waals surface area contributed by atoms with Gasteiger partial charge in [-0.15, -0.1) is 0 Å². The zero-order chi connectivity index (χ0) is 14.5. The van der Waals surface area contributed by atoms with Gasteiger partial charge in [-0.05, 0) is 61.7 Å². The van der Waals surface area contributed by atoms with Crippen LogP contribution in [0.3, 0.4) is 0 Å². The normalized spacial score (nSPS) is 10.4. The van der Waals surface area contributed by atoms with Crippen LogP contribution in [0.1, 0.15) is 16.7 Å². The van der Waals surface area contributed by atoms with Gasteiger partial charge in [0.2, 0.25) is 0 Å². The van der Waals surface area contributed by atoms with Crippen LogP contribution in [0.15, 0.2) is 36.4 Å². The molecule has 3 heteroatoms. The first-order chi connectivity index (χ1) is 9.56. The Bertz CT molecular complexity index is 596. The maximum absolute atomic E-state index is 5.99. The van der Waals surface area contributed by atoms with Gasteiger partial charge in [-0.1, -0.05) is 23.7 Å². The van der Waals surface area contributed by atoms with Gasteiger partial charge in [0.25, 0.3) is 0 Å². The molecular weight excluding hydrogens is 270 g/mol. The largest absolute Gasteiger partial charge is 0.492 e. The van der Waals surface area contributed by atoms with Crippen LogP contribution in [0, 0.1) is 20.8 Å². The van der Waals surface area contributed by atoms with Gasteiger partial charge in [-0.2, -0.15) is 0 Å². The Morgan fingerprint density at radius 1 is 0.950 bits per heavy atom. The molecule has 0 aromatic heterocycles. The third-order valence-electron chi connectivity index (χ3n) is 3.36. The fraction of sp³-hybridized carbons (Fsp3) is 0.294. The predicted molar refractivity (Wildman–Crippen MR) is 86.1 cm³/mol. The fourth-order valence-corrected chi connectivity index (χ4v) is 2.12. The molecule has 0 saturated heterocycles. The molecule has 2 aromatic rings. The van der Waals surface area contributed by atoms with Crippen molar-refractivity contribution in [2.45, 2.75) is 20.8 Å². The predicted octanol–water partition coefficient (Wildman–Crippen LogP) is 4.76. The number of rotatable bonds is 5. The van der Waals surface area contributed by atoms with Crippen LogP contribution in [-0.2, 0) is 0 Å². The van der Waals surface area contributed by atoms with E-state index in [1.54, 1.807) is 0 Å². The topological polar surface area (TPSA) is 21.3 Å². The molecule has 20 heavy (non-hydrogen) atoms. The van der Waals surface area contributed by atoms with Crippen LogP contribution in [0.25, 0.3) is 0 Å². The van der Waals surface area contributed by atoms with Gasteiger partial charge in [0.05, 0.1) is 0 Å². The second kappa shape index (κ2) is 6.67. The highest BCUT2D eigenvalue weighted by molar-refractivity contribution is 6.30. The molecule has 0 aliphatic carbocycles. The Kier molecular flexibility index (Phi) is 4.91. The first kappa shape index (κ1) is 14.7. The van der Waals surface area contributed by atoms with Gasteiger partial charge in [0, 0.05) is 17.3 Å². The van der Waals surface area contributed by atoms with E-state index < -0.39 is 0 Å². The summed E-state index contributed by atoms with van der Waals surface area (Å²) >= 11 is 5.99. The Balaban J connectivity index is 1.84. The van der Waals surface area contributed by atoms with Crippen molar-refractivity contribution in [3.05, 3.63) is 58.1 Å². The molecule has 2 nitrogen and oxygen atoms in total. The van der Waals surface area contributed by atoms with Crippen molar-refractivity contribution in [3.63, 3.8) is 0 Å². The standard InChI is InChI=1S/C17H20ClNO/c1-12-5-7-16(10-14(12)3)20-9-8-19-17-11-15(18)6-4-13(17)2/h4-7,10-11,19H,8-9H2,1-3H3. The summed E-state index contributed by atoms with van der Waals surface area (Å²) in [6.07, 6.45) is 0. The van der Waals surface area contributed by atoms with Crippen LogP contribution in [-0.4, -0.2) is 13.2 Å². The number of benzene rings is 2. The van der Waals surface area contributed by atoms with E-state index in [0.717, 1.165) is 23.0 Å². The number of nitrogens with one attached hydrogen (secondary N) is 1. The molecule has 2 aromatic carbocycles. The molecule has 0 aliphatic rings. The van der Waals surface area contributed by atoms with E-state index >= 15 is 0 Å². The summed E-state index contributed by atoms with van der Waals surface area (Å²) in [6.45, 7) is 7.61. The summed E-state index contributed by atoms with van der Waals surface area (Å²) in [7, 11) is 0. The summed E-state index contributed by atoms with van der Waals surface area (Å²) in [5, 5.41) is 4.08. The van der Waals surface area contributed by atoms with E-state index in [9.17, 15) is 0 Å². The first-order valence-corrected chi connectivity index (χ1v) is 7.14. The lowest BCUT2D eigenvalue weighted by Gasteiger charge is -2.12. The summed E-state index contributed by atoms with van der Waals surface area (Å²) in [5.74, 6) is 0.915. The zero-order valence-electron chi connectivity index (χ0n) is 12.2. The third kappa shape index (κ3) is 3.91. The van der Waals surface area contributed by atoms with E-state index in [4.69, 9.17) is 16.3 Å². The van der Waals surface area contributed by atoms with E-state index in [0.29, 0.717) is 6.61 Å². The highest BCUT2D eigenvalue weighted by atomic mass is 35.5. The third-order valence-corrected chi connectivity index (χ3v) is 3.60. The van der Waals surface area contributed by atoms with E-state index in [-0.39, 0.29) is 0 Å². The van der Waals surface area contributed by atoms with Crippen LogP contribution in [0.2, 0.25) is 5.02 Å². The Hall–Kier alpha value is -1.67.